The van der Waals surface area contributed by atoms with Crippen LogP contribution in [0.3, 0.4) is 0 Å². The summed E-state index contributed by atoms with van der Waals surface area (Å²) < 4.78 is 7.14. The fraction of sp³-hybridized carbons (Fsp3) is 0.421. The van der Waals surface area contributed by atoms with E-state index in [1.54, 1.807) is 35.4 Å². The molecule has 150 valence electrons. The van der Waals surface area contributed by atoms with Gasteiger partial charge in [-0.05, 0) is 54.9 Å². The summed E-state index contributed by atoms with van der Waals surface area (Å²) in [6.45, 7) is 7.73. The molecule has 1 saturated heterocycles. The Balaban J connectivity index is 1.75. The Morgan fingerprint density at radius 3 is 2.50 bits per heavy atom. The van der Waals surface area contributed by atoms with E-state index < -0.39 is 5.60 Å². The molecule has 0 spiro atoms. The molecule has 0 radical (unpaired) electrons. The number of nitrogens with zero attached hydrogens (tertiary/aromatic N) is 4. The first-order valence-corrected chi connectivity index (χ1v) is 10.1. The molecule has 0 atom stereocenters. The summed E-state index contributed by atoms with van der Waals surface area (Å²) in [5.74, 6) is 0. The van der Waals surface area contributed by atoms with Gasteiger partial charge in [-0.3, -0.25) is 4.79 Å². The van der Waals surface area contributed by atoms with Gasteiger partial charge in [0, 0.05) is 31.2 Å². The van der Waals surface area contributed by atoms with Crippen molar-refractivity contribution in [3.63, 3.8) is 0 Å². The molecule has 2 heterocycles. The van der Waals surface area contributed by atoms with Gasteiger partial charge >= 0.3 is 6.09 Å². The lowest BCUT2D eigenvalue weighted by molar-refractivity contribution is 0.0240. The summed E-state index contributed by atoms with van der Waals surface area (Å²) in [5, 5.41) is 4.83. The molecule has 2 aromatic rings. The van der Waals surface area contributed by atoms with E-state index >= 15 is 0 Å². The van der Waals surface area contributed by atoms with Crippen LogP contribution in [0.5, 0.6) is 0 Å². The van der Waals surface area contributed by atoms with Crippen molar-refractivity contribution in [3.05, 3.63) is 50.3 Å². The van der Waals surface area contributed by atoms with Crippen LogP contribution in [-0.2, 0) is 4.74 Å². The molecular weight excluding hydrogens is 448 g/mol. The van der Waals surface area contributed by atoms with E-state index in [-0.39, 0.29) is 11.7 Å². The van der Waals surface area contributed by atoms with Gasteiger partial charge in [0.1, 0.15) is 10.1 Å². The fourth-order valence-corrected chi connectivity index (χ4v) is 3.60. The number of ether oxygens (including phenoxy) is 1. The van der Waals surface area contributed by atoms with Crippen molar-refractivity contribution in [1.82, 2.24) is 14.7 Å². The van der Waals surface area contributed by atoms with E-state index in [1.165, 1.54) is 4.68 Å². The normalized spacial score (nSPS) is 14.9. The Hall–Kier alpha value is -2.06. The van der Waals surface area contributed by atoms with Gasteiger partial charge in [0.2, 0.25) is 0 Å². The summed E-state index contributed by atoms with van der Waals surface area (Å²) in [5.41, 5.74) is 0.507. The van der Waals surface area contributed by atoms with Crippen molar-refractivity contribution in [2.75, 3.05) is 31.1 Å². The van der Waals surface area contributed by atoms with Crippen molar-refractivity contribution in [2.24, 2.45) is 0 Å². The third-order valence-corrected chi connectivity index (χ3v) is 5.21. The lowest BCUT2D eigenvalue weighted by Gasteiger charge is -2.36. The Bertz CT molecular complexity index is 934. The van der Waals surface area contributed by atoms with Gasteiger partial charge in [-0.15, -0.1) is 0 Å². The van der Waals surface area contributed by atoms with E-state index in [0.29, 0.717) is 47.0 Å². The summed E-state index contributed by atoms with van der Waals surface area (Å²) in [7, 11) is 0. The maximum Gasteiger partial charge on any atom is 0.410 e. The van der Waals surface area contributed by atoms with E-state index in [1.807, 2.05) is 25.7 Å². The zero-order valence-corrected chi connectivity index (χ0v) is 18.3. The molecule has 1 amide bonds. The minimum absolute atomic E-state index is 0.269. The molecule has 28 heavy (non-hydrogen) atoms. The standard InChI is InChI=1S/C19H22BrClN4O3/c1-19(2,3)28-18(27)24-9-7-23(8-10-24)15-12-22-25(17(26)16(15)20)14-6-4-5-13(21)11-14/h4-6,11-12H,7-10H2,1-3H3. The number of benzene rings is 1. The maximum atomic E-state index is 12.8. The number of hydrogen-bond donors (Lipinski definition) is 0. The molecule has 9 heteroatoms. The van der Waals surface area contributed by atoms with Crippen LogP contribution in [0.2, 0.25) is 5.02 Å². The van der Waals surface area contributed by atoms with E-state index in [9.17, 15) is 9.59 Å². The molecule has 0 N–H and O–H groups in total. The summed E-state index contributed by atoms with van der Waals surface area (Å²) in [6.07, 6.45) is 1.33. The minimum atomic E-state index is -0.522. The molecule has 0 saturated carbocycles. The number of piperazine rings is 1. The highest BCUT2D eigenvalue weighted by Gasteiger charge is 2.27. The highest BCUT2D eigenvalue weighted by atomic mass is 79.9. The molecule has 1 aliphatic rings. The summed E-state index contributed by atoms with van der Waals surface area (Å²) in [4.78, 5) is 28.7. The molecular formula is C19H22BrClN4O3. The Kier molecular flexibility index (Phi) is 6.00. The van der Waals surface area contributed by atoms with Crippen LogP contribution in [0, 0.1) is 0 Å². The number of rotatable bonds is 2. The average molecular weight is 470 g/mol. The van der Waals surface area contributed by atoms with Crippen LogP contribution in [0.25, 0.3) is 5.69 Å². The number of hydrogen-bond acceptors (Lipinski definition) is 5. The first-order valence-electron chi connectivity index (χ1n) is 8.92. The first-order chi connectivity index (χ1) is 13.2. The van der Waals surface area contributed by atoms with Crippen molar-refractivity contribution in [1.29, 1.82) is 0 Å². The first kappa shape index (κ1) is 20.7. The molecule has 0 bridgehead atoms. The van der Waals surface area contributed by atoms with E-state index in [2.05, 4.69) is 21.0 Å². The number of aromatic nitrogens is 2. The van der Waals surface area contributed by atoms with Gasteiger partial charge in [0.15, 0.2) is 0 Å². The fourth-order valence-electron chi connectivity index (χ4n) is 2.89. The zero-order chi connectivity index (χ0) is 20.5. The predicted octanol–water partition coefficient (Wildman–Crippen LogP) is 3.71. The molecule has 1 aromatic heterocycles. The third-order valence-electron chi connectivity index (χ3n) is 4.23. The van der Waals surface area contributed by atoms with Gasteiger partial charge in [-0.25, -0.2) is 4.79 Å². The van der Waals surface area contributed by atoms with Crippen LogP contribution in [-0.4, -0.2) is 52.6 Å². The lowest BCUT2D eigenvalue weighted by Crippen LogP contribution is -2.50. The maximum absolute atomic E-state index is 12.8. The van der Waals surface area contributed by atoms with E-state index in [0.717, 1.165) is 0 Å². The van der Waals surface area contributed by atoms with Crippen molar-refractivity contribution in [3.8, 4) is 5.69 Å². The Morgan fingerprint density at radius 2 is 1.89 bits per heavy atom. The number of anilines is 1. The van der Waals surface area contributed by atoms with Gasteiger partial charge in [0.05, 0.1) is 17.6 Å². The third kappa shape index (κ3) is 4.67. The molecule has 7 nitrogen and oxygen atoms in total. The summed E-state index contributed by atoms with van der Waals surface area (Å²) in [6, 6.07) is 6.96. The smallest absolute Gasteiger partial charge is 0.410 e. The van der Waals surface area contributed by atoms with Gasteiger partial charge in [-0.2, -0.15) is 9.78 Å². The molecule has 0 aliphatic carbocycles. The second kappa shape index (κ2) is 8.13. The zero-order valence-electron chi connectivity index (χ0n) is 16.0. The van der Waals surface area contributed by atoms with Crippen LogP contribution in [0.1, 0.15) is 20.8 Å². The highest BCUT2D eigenvalue weighted by Crippen LogP contribution is 2.24. The van der Waals surface area contributed by atoms with E-state index in [4.69, 9.17) is 16.3 Å². The molecule has 0 unspecified atom stereocenters. The van der Waals surface area contributed by atoms with Gasteiger partial charge < -0.3 is 14.5 Å². The number of carbonyl (C=O) groups is 1. The second-order valence-corrected chi connectivity index (χ2v) is 8.72. The van der Waals surface area contributed by atoms with Crippen LogP contribution in [0.15, 0.2) is 39.7 Å². The predicted molar refractivity (Wildman–Crippen MR) is 113 cm³/mol. The monoisotopic (exact) mass is 468 g/mol. The van der Waals surface area contributed by atoms with Crippen LogP contribution < -0.4 is 10.5 Å². The molecule has 3 rings (SSSR count). The average Bonchev–Trinajstić information content (AvgIpc) is 2.63. The quantitative estimate of drug-likeness (QED) is 0.671. The van der Waals surface area contributed by atoms with Crippen molar-refractivity contribution in [2.45, 2.75) is 26.4 Å². The SMILES string of the molecule is CC(C)(C)OC(=O)N1CCN(c2cnn(-c3cccc(Cl)c3)c(=O)c2Br)CC1. The Morgan fingerprint density at radius 1 is 1.21 bits per heavy atom. The van der Waals surface area contributed by atoms with Crippen molar-refractivity contribution < 1.29 is 9.53 Å². The lowest BCUT2D eigenvalue weighted by atomic mass is 10.2. The second-order valence-electron chi connectivity index (χ2n) is 7.50. The largest absolute Gasteiger partial charge is 0.444 e. The minimum Gasteiger partial charge on any atom is -0.444 e. The Labute approximate surface area is 177 Å². The highest BCUT2D eigenvalue weighted by molar-refractivity contribution is 9.10. The van der Waals surface area contributed by atoms with Crippen molar-refractivity contribution >= 4 is 39.3 Å². The molecule has 1 aromatic carbocycles. The number of halogens is 2. The van der Waals surface area contributed by atoms with Crippen LogP contribution in [0.4, 0.5) is 10.5 Å². The molecule has 1 fully saturated rings. The topological polar surface area (TPSA) is 67.7 Å². The summed E-state index contributed by atoms with van der Waals surface area (Å²) >= 11 is 9.43. The number of carbonyl (C=O) groups excluding carboxylic acids is 1. The van der Waals surface area contributed by atoms with Gasteiger partial charge in [-0.1, -0.05) is 17.7 Å². The molecule has 1 aliphatic heterocycles. The van der Waals surface area contributed by atoms with Crippen LogP contribution >= 0.6 is 27.5 Å². The number of amides is 1. The van der Waals surface area contributed by atoms with Gasteiger partial charge in [0.25, 0.3) is 5.56 Å².